The summed E-state index contributed by atoms with van der Waals surface area (Å²) in [6.07, 6.45) is 8.79. The number of carbonyl (C=O) groups is 1. The van der Waals surface area contributed by atoms with E-state index in [4.69, 9.17) is 0 Å². The van der Waals surface area contributed by atoms with Gasteiger partial charge in [0.2, 0.25) is 0 Å². The van der Waals surface area contributed by atoms with Crippen LogP contribution >= 0.6 is 0 Å². The van der Waals surface area contributed by atoms with Crippen LogP contribution in [0.1, 0.15) is 49.9 Å². The molecule has 1 heterocycles. The predicted octanol–water partition coefficient (Wildman–Crippen LogP) is 3.11. The van der Waals surface area contributed by atoms with Gasteiger partial charge in [0.15, 0.2) is 5.78 Å². The van der Waals surface area contributed by atoms with Crippen LogP contribution in [0.4, 0.5) is 0 Å². The number of Topliss-reactive ketones (excluding diaryl/α,β-unsaturated/α-hetero) is 1. The lowest BCUT2D eigenvalue weighted by atomic mass is 9.75. The highest BCUT2D eigenvalue weighted by molar-refractivity contribution is 5.97. The molecular formula is C16H26N2O. The van der Waals surface area contributed by atoms with E-state index in [0.29, 0.717) is 18.0 Å². The van der Waals surface area contributed by atoms with E-state index in [2.05, 4.69) is 25.8 Å². The second-order valence-corrected chi connectivity index (χ2v) is 6.80. The molecule has 2 rings (SSSR count). The fraction of sp³-hybridized carbons (Fsp3) is 0.688. The largest absolute Gasteiger partial charge is 0.357 e. The second kappa shape index (κ2) is 5.49. The van der Waals surface area contributed by atoms with E-state index in [1.165, 1.54) is 25.7 Å². The maximum Gasteiger partial charge on any atom is 0.178 e. The Morgan fingerprint density at radius 2 is 2.05 bits per heavy atom. The van der Waals surface area contributed by atoms with Gasteiger partial charge in [0.1, 0.15) is 0 Å². The van der Waals surface area contributed by atoms with E-state index >= 15 is 0 Å². The summed E-state index contributed by atoms with van der Waals surface area (Å²) in [4.78, 5) is 14.4. The molecule has 0 amide bonds. The van der Waals surface area contributed by atoms with Gasteiger partial charge in [-0.1, -0.05) is 13.8 Å². The van der Waals surface area contributed by atoms with Crippen LogP contribution < -0.4 is 0 Å². The zero-order valence-corrected chi connectivity index (χ0v) is 12.6. The second-order valence-electron chi connectivity index (χ2n) is 6.80. The van der Waals surface area contributed by atoms with E-state index < -0.39 is 0 Å². The summed E-state index contributed by atoms with van der Waals surface area (Å²) in [6, 6.07) is 2.47. The zero-order chi connectivity index (χ0) is 14.0. The van der Waals surface area contributed by atoms with E-state index in [-0.39, 0.29) is 5.78 Å². The fourth-order valence-electron chi connectivity index (χ4n) is 2.94. The number of hydrogen-bond acceptors (Lipinski definition) is 2. The smallest absolute Gasteiger partial charge is 0.178 e. The molecule has 1 saturated carbocycles. The average molecular weight is 262 g/mol. The molecular weight excluding hydrogens is 236 g/mol. The zero-order valence-electron chi connectivity index (χ0n) is 12.6. The first-order chi connectivity index (χ1) is 8.87. The molecule has 0 aromatic carbocycles. The van der Waals surface area contributed by atoms with Gasteiger partial charge in [-0.15, -0.1) is 0 Å². The summed E-state index contributed by atoms with van der Waals surface area (Å²) in [7, 11) is 4.04. The minimum absolute atomic E-state index is 0.230. The summed E-state index contributed by atoms with van der Waals surface area (Å²) in [5.74, 6) is 0.230. The Morgan fingerprint density at radius 3 is 2.58 bits per heavy atom. The quantitative estimate of drug-likeness (QED) is 0.779. The van der Waals surface area contributed by atoms with Gasteiger partial charge in [0, 0.05) is 31.0 Å². The molecule has 1 aliphatic carbocycles. The predicted molar refractivity (Wildman–Crippen MR) is 78.4 cm³/mol. The van der Waals surface area contributed by atoms with E-state index in [0.717, 1.165) is 5.56 Å². The number of hydrogen-bond donors (Lipinski definition) is 0. The maximum atomic E-state index is 12.2. The number of carbonyl (C=O) groups excluding carboxylic acids is 1. The Bertz CT molecular complexity index is 437. The van der Waals surface area contributed by atoms with Crippen molar-refractivity contribution in [2.24, 2.45) is 12.5 Å². The molecule has 0 radical (unpaired) electrons. The summed E-state index contributed by atoms with van der Waals surface area (Å²) < 4.78 is 1.93. The first-order valence-electron chi connectivity index (χ1n) is 7.23. The number of aryl methyl sites for hydroxylation is 1. The summed E-state index contributed by atoms with van der Waals surface area (Å²) in [5.41, 5.74) is 1.31. The van der Waals surface area contributed by atoms with Gasteiger partial charge in [-0.25, -0.2) is 0 Å². The van der Waals surface area contributed by atoms with E-state index in [1.54, 1.807) is 0 Å². The van der Waals surface area contributed by atoms with Crippen LogP contribution in [-0.4, -0.2) is 34.9 Å². The Kier molecular flexibility index (Phi) is 4.14. The Hall–Kier alpha value is -1.09. The third-order valence-corrected chi connectivity index (χ3v) is 4.48. The molecule has 3 heteroatoms. The molecule has 1 aromatic rings. The van der Waals surface area contributed by atoms with Crippen molar-refractivity contribution in [3.8, 4) is 0 Å². The Labute approximate surface area is 116 Å². The van der Waals surface area contributed by atoms with Crippen LogP contribution in [0.2, 0.25) is 0 Å². The third-order valence-electron chi connectivity index (χ3n) is 4.48. The Morgan fingerprint density at radius 1 is 1.42 bits per heavy atom. The lowest BCUT2D eigenvalue weighted by Crippen LogP contribution is -2.39. The van der Waals surface area contributed by atoms with Crippen molar-refractivity contribution in [3.05, 3.63) is 24.0 Å². The highest BCUT2D eigenvalue weighted by Gasteiger charge is 2.29. The SMILES string of the molecule is CN(CC(=O)c1ccn(C)c1)C1CCC(C)(C)CC1. The van der Waals surface area contributed by atoms with Crippen LogP contribution in [0, 0.1) is 5.41 Å². The van der Waals surface area contributed by atoms with Crippen molar-refractivity contribution >= 4 is 5.78 Å². The van der Waals surface area contributed by atoms with Gasteiger partial charge in [-0.05, 0) is 44.2 Å². The minimum atomic E-state index is 0.230. The van der Waals surface area contributed by atoms with Crippen LogP contribution in [0.15, 0.2) is 18.5 Å². The van der Waals surface area contributed by atoms with E-state index in [9.17, 15) is 4.79 Å². The highest BCUT2D eigenvalue weighted by Crippen LogP contribution is 2.36. The molecule has 19 heavy (non-hydrogen) atoms. The molecule has 0 saturated heterocycles. The van der Waals surface area contributed by atoms with Gasteiger partial charge in [-0.2, -0.15) is 0 Å². The van der Waals surface area contributed by atoms with E-state index in [1.807, 2.05) is 30.1 Å². The number of nitrogens with zero attached hydrogens (tertiary/aromatic N) is 2. The van der Waals surface area contributed by atoms with Crippen LogP contribution in [0.3, 0.4) is 0 Å². The molecule has 3 nitrogen and oxygen atoms in total. The number of aromatic nitrogens is 1. The van der Waals surface area contributed by atoms with Gasteiger partial charge >= 0.3 is 0 Å². The molecule has 0 aliphatic heterocycles. The summed E-state index contributed by atoms with van der Waals surface area (Å²) in [5, 5.41) is 0. The van der Waals surface area contributed by atoms with Gasteiger partial charge in [-0.3, -0.25) is 9.69 Å². The van der Waals surface area contributed by atoms with Gasteiger partial charge < -0.3 is 4.57 Å². The number of rotatable bonds is 4. The molecule has 1 aliphatic rings. The Balaban J connectivity index is 1.88. The lowest BCUT2D eigenvalue weighted by molar-refractivity contribution is 0.0851. The van der Waals surface area contributed by atoms with Crippen molar-refractivity contribution in [2.45, 2.75) is 45.6 Å². The lowest BCUT2D eigenvalue weighted by Gasteiger charge is -2.38. The minimum Gasteiger partial charge on any atom is -0.357 e. The number of ketones is 1. The molecule has 0 atom stereocenters. The highest BCUT2D eigenvalue weighted by atomic mass is 16.1. The first kappa shape index (κ1) is 14.3. The monoisotopic (exact) mass is 262 g/mol. The van der Waals surface area contributed by atoms with Crippen molar-refractivity contribution in [1.29, 1.82) is 0 Å². The van der Waals surface area contributed by atoms with Crippen molar-refractivity contribution < 1.29 is 4.79 Å². The molecule has 0 unspecified atom stereocenters. The standard InChI is InChI=1S/C16H26N2O/c1-16(2)8-5-14(6-9-16)18(4)12-15(19)13-7-10-17(3)11-13/h7,10-11,14H,5-6,8-9,12H2,1-4H3. The first-order valence-corrected chi connectivity index (χ1v) is 7.23. The molecule has 106 valence electrons. The molecule has 1 fully saturated rings. The maximum absolute atomic E-state index is 12.2. The number of likely N-dealkylation sites (N-methyl/N-ethyl adjacent to an activating group) is 1. The van der Waals surface area contributed by atoms with Crippen LogP contribution in [0.5, 0.6) is 0 Å². The van der Waals surface area contributed by atoms with Gasteiger partial charge in [0.25, 0.3) is 0 Å². The summed E-state index contributed by atoms with van der Waals surface area (Å²) >= 11 is 0. The topological polar surface area (TPSA) is 25.2 Å². The summed E-state index contributed by atoms with van der Waals surface area (Å²) in [6.45, 7) is 5.23. The van der Waals surface area contributed by atoms with Crippen molar-refractivity contribution in [1.82, 2.24) is 9.47 Å². The van der Waals surface area contributed by atoms with Crippen molar-refractivity contribution in [2.75, 3.05) is 13.6 Å². The average Bonchev–Trinajstić information content (AvgIpc) is 2.75. The molecule has 0 bridgehead atoms. The van der Waals surface area contributed by atoms with Crippen LogP contribution in [0.25, 0.3) is 0 Å². The molecule has 0 N–H and O–H groups in total. The molecule has 1 aromatic heterocycles. The van der Waals surface area contributed by atoms with Crippen LogP contribution in [-0.2, 0) is 7.05 Å². The van der Waals surface area contributed by atoms with Gasteiger partial charge in [0.05, 0.1) is 6.54 Å². The van der Waals surface area contributed by atoms with Crippen molar-refractivity contribution in [3.63, 3.8) is 0 Å². The normalized spacial score (nSPS) is 19.8. The molecule has 0 spiro atoms. The third kappa shape index (κ3) is 3.69. The fourth-order valence-corrected chi connectivity index (χ4v) is 2.94.